The van der Waals surface area contributed by atoms with E-state index in [1.165, 1.54) is 7.11 Å². The molecule has 94 valence electrons. The first-order valence-corrected chi connectivity index (χ1v) is 4.68. The third kappa shape index (κ3) is 2.53. The van der Waals surface area contributed by atoms with Gasteiger partial charge in [-0.15, -0.1) is 0 Å². The molecule has 1 heterocycles. The molecular formula is C7H10N4O6. The molecule has 10 nitrogen and oxygen atoms in total. The summed E-state index contributed by atoms with van der Waals surface area (Å²) in [5.74, 6) is 0. The van der Waals surface area contributed by atoms with Crippen molar-refractivity contribution in [3.8, 4) is 0 Å². The van der Waals surface area contributed by atoms with Crippen molar-refractivity contribution in [2.75, 3.05) is 13.7 Å². The van der Waals surface area contributed by atoms with Gasteiger partial charge in [-0.3, -0.25) is 0 Å². The van der Waals surface area contributed by atoms with Crippen molar-refractivity contribution < 1.29 is 9.47 Å². The number of ether oxygens (including phenoxy) is 2. The summed E-state index contributed by atoms with van der Waals surface area (Å²) in [5.41, 5.74) is 0. The molecule has 0 aromatic rings. The second-order valence-electron chi connectivity index (χ2n) is 3.38. The van der Waals surface area contributed by atoms with E-state index in [1.54, 1.807) is 0 Å². The molecule has 0 radical (unpaired) electrons. The number of nitrogens with zero attached hydrogens (tertiary/aromatic N) is 4. The lowest BCUT2D eigenvalue weighted by Gasteiger charge is -2.36. The molecule has 0 unspecified atom stereocenters. The van der Waals surface area contributed by atoms with Gasteiger partial charge >= 0.3 is 0 Å². The van der Waals surface area contributed by atoms with E-state index in [2.05, 4.69) is 20.7 Å². The van der Waals surface area contributed by atoms with Gasteiger partial charge in [-0.1, -0.05) is 20.7 Å². The Morgan fingerprint density at radius 1 is 1.00 bits per heavy atom. The van der Waals surface area contributed by atoms with Crippen molar-refractivity contribution in [3.63, 3.8) is 0 Å². The molecule has 1 saturated heterocycles. The van der Waals surface area contributed by atoms with Gasteiger partial charge in [0.1, 0.15) is 18.7 Å². The van der Waals surface area contributed by atoms with Crippen LogP contribution in [0.5, 0.6) is 0 Å². The summed E-state index contributed by atoms with van der Waals surface area (Å²) in [4.78, 5) is 42.0. The van der Waals surface area contributed by atoms with E-state index in [0.717, 1.165) is 0 Å². The predicted octanol–water partition coefficient (Wildman–Crippen LogP) is 0.529. The maximum absolute atomic E-state index is 10.6. The topological polar surface area (TPSA) is 136 Å². The summed E-state index contributed by atoms with van der Waals surface area (Å²) in [7, 11) is 1.23. The van der Waals surface area contributed by atoms with E-state index < -0.39 is 37.1 Å². The summed E-state index contributed by atoms with van der Waals surface area (Å²) in [6.07, 6.45) is -2.20. The maximum Gasteiger partial charge on any atom is 0.185 e. The van der Waals surface area contributed by atoms with Crippen LogP contribution in [0.1, 0.15) is 0 Å². The van der Waals surface area contributed by atoms with Gasteiger partial charge in [0.05, 0.1) is 0 Å². The summed E-state index contributed by atoms with van der Waals surface area (Å²) in [6, 6.07) is -3.88. The van der Waals surface area contributed by atoms with E-state index >= 15 is 0 Å². The van der Waals surface area contributed by atoms with Gasteiger partial charge in [-0.25, -0.2) is 0 Å². The standard InChI is InChI=1S/C7H10N4O6/c1-16-7-6(11-15)5(10-14)4(9-13)3(17-7)2-8-12/h3-7H,2H2,1H3/t3-,4-,5+,6-,7-/m1/s1. The zero-order valence-corrected chi connectivity index (χ0v) is 8.83. The summed E-state index contributed by atoms with van der Waals surface area (Å²) < 4.78 is 9.91. The van der Waals surface area contributed by atoms with E-state index in [9.17, 15) is 19.6 Å². The Morgan fingerprint density at radius 3 is 2.00 bits per heavy atom. The minimum atomic E-state index is -1.32. The van der Waals surface area contributed by atoms with Crippen LogP contribution in [-0.2, 0) is 9.47 Å². The summed E-state index contributed by atoms with van der Waals surface area (Å²) in [5, 5.41) is 10.5. The van der Waals surface area contributed by atoms with E-state index in [4.69, 9.17) is 9.47 Å². The van der Waals surface area contributed by atoms with E-state index in [1.807, 2.05) is 0 Å². The van der Waals surface area contributed by atoms with E-state index in [0.29, 0.717) is 0 Å². The normalized spacial score (nSPS) is 37.1. The van der Waals surface area contributed by atoms with Crippen LogP contribution < -0.4 is 0 Å². The maximum atomic E-state index is 10.6. The smallest absolute Gasteiger partial charge is 0.185 e. The molecule has 0 aliphatic carbocycles. The van der Waals surface area contributed by atoms with Crippen LogP contribution in [0.3, 0.4) is 0 Å². The molecule has 1 aliphatic rings. The van der Waals surface area contributed by atoms with Gasteiger partial charge in [-0.2, -0.15) is 19.6 Å². The van der Waals surface area contributed by atoms with Crippen LogP contribution in [0.4, 0.5) is 0 Å². The Balaban J connectivity index is 2.99. The van der Waals surface area contributed by atoms with Crippen molar-refractivity contribution in [1.29, 1.82) is 0 Å². The Labute approximate surface area is 94.9 Å². The molecule has 0 N–H and O–H groups in total. The average Bonchev–Trinajstić information content (AvgIpc) is 2.37. The lowest BCUT2D eigenvalue weighted by atomic mass is 9.93. The van der Waals surface area contributed by atoms with Crippen LogP contribution >= 0.6 is 0 Å². The molecule has 0 spiro atoms. The SMILES string of the molecule is CO[C@@H]1O[C@H](CN=O)[C@@H](N=O)[C@H](N=O)[C@H]1N=O. The third-order valence-corrected chi connectivity index (χ3v) is 2.52. The minimum Gasteiger partial charge on any atom is -0.353 e. The molecule has 5 atom stereocenters. The van der Waals surface area contributed by atoms with Gasteiger partial charge < -0.3 is 9.47 Å². The Hall–Kier alpha value is -1.68. The lowest BCUT2D eigenvalue weighted by Crippen LogP contribution is -2.56. The van der Waals surface area contributed by atoms with Gasteiger partial charge in [-0.05, 0) is 0 Å². The van der Waals surface area contributed by atoms with Crippen LogP contribution in [0.15, 0.2) is 20.7 Å². The summed E-state index contributed by atoms with van der Waals surface area (Å²) in [6.45, 7) is -0.395. The first-order valence-electron chi connectivity index (χ1n) is 4.68. The number of hydrogen-bond donors (Lipinski definition) is 0. The van der Waals surface area contributed by atoms with Crippen LogP contribution in [0.2, 0.25) is 0 Å². The van der Waals surface area contributed by atoms with E-state index in [-0.39, 0.29) is 0 Å². The highest BCUT2D eigenvalue weighted by molar-refractivity contribution is 5.02. The zero-order chi connectivity index (χ0) is 12.8. The second-order valence-corrected chi connectivity index (χ2v) is 3.38. The molecule has 0 aromatic carbocycles. The number of rotatable bonds is 6. The first-order chi connectivity index (χ1) is 8.23. The minimum absolute atomic E-state index is 0.395. The molecule has 1 rings (SSSR count). The molecule has 0 bridgehead atoms. The van der Waals surface area contributed by atoms with Crippen molar-refractivity contribution in [1.82, 2.24) is 0 Å². The van der Waals surface area contributed by atoms with Crippen molar-refractivity contribution in [2.24, 2.45) is 20.7 Å². The lowest BCUT2D eigenvalue weighted by molar-refractivity contribution is -0.195. The fourth-order valence-electron chi connectivity index (χ4n) is 1.70. The highest BCUT2D eigenvalue weighted by Gasteiger charge is 2.49. The predicted molar refractivity (Wildman–Crippen MR) is 55.1 cm³/mol. The first kappa shape index (κ1) is 13.4. The fraction of sp³-hybridized carbons (Fsp3) is 1.00. The van der Waals surface area contributed by atoms with Gasteiger partial charge in [0.25, 0.3) is 0 Å². The van der Waals surface area contributed by atoms with Gasteiger partial charge in [0.15, 0.2) is 18.4 Å². The second kappa shape index (κ2) is 6.15. The van der Waals surface area contributed by atoms with Crippen LogP contribution in [0, 0.1) is 19.6 Å². The van der Waals surface area contributed by atoms with Crippen molar-refractivity contribution in [3.05, 3.63) is 19.6 Å². The molecule has 10 heteroatoms. The Bertz CT molecular complexity index is 313. The molecule has 1 fully saturated rings. The largest absolute Gasteiger partial charge is 0.353 e. The van der Waals surface area contributed by atoms with Crippen LogP contribution in [-0.4, -0.2) is 44.2 Å². The van der Waals surface area contributed by atoms with Crippen LogP contribution in [0.25, 0.3) is 0 Å². The highest BCUT2D eigenvalue weighted by Crippen LogP contribution is 2.28. The van der Waals surface area contributed by atoms with Crippen molar-refractivity contribution >= 4 is 0 Å². The number of nitroso groups, excluding NO2 is 4. The molecular weight excluding hydrogens is 236 g/mol. The quantitative estimate of drug-likeness (QED) is 0.626. The Kier molecular flexibility index (Phi) is 4.84. The average molecular weight is 246 g/mol. The fourth-order valence-corrected chi connectivity index (χ4v) is 1.70. The monoisotopic (exact) mass is 246 g/mol. The molecule has 17 heavy (non-hydrogen) atoms. The Morgan fingerprint density at radius 2 is 1.59 bits per heavy atom. The molecule has 0 saturated carbocycles. The van der Waals surface area contributed by atoms with Gasteiger partial charge in [0.2, 0.25) is 0 Å². The van der Waals surface area contributed by atoms with Crippen molar-refractivity contribution in [2.45, 2.75) is 30.5 Å². The van der Waals surface area contributed by atoms with Gasteiger partial charge in [0, 0.05) is 7.11 Å². The highest BCUT2D eigenvalue weighted by atomic mass is 16.7. The third-order valence-electron chi connectivity index (χ3n) is 2.52. The molecule has 1 aliphatic heterocycles. The number of hydrogen-bond acceptors (Lipinski definition) is 10. The zero-order valence-electron chi connectivity index (χ0n) is 8.83. The molecule has 0 amide bonds. The summed E-state index contributed by atoms with van der Waals surface area (Å²) >= 11 is 0. The molecule has 0 aromatic heterocycles. The number of methoxy groups -OCH3 is 1.